The van der Waals surface area contributed by atoms with Crippen molar-refractivity contribution in [1.82, 2.24) is 14.5 Å². The molecule has 0 spiro atoms. The number of hydrogen-bond donors (Lipinski definition) is 2. The number of anilines is 2. The van der Waals surface area contributed by atoms with E-state index in [0.717, 1.165) is 5.69 Å². The summed E-state index contributed by atoms with van der Waals surface area (Å²) in [6.07, 6.45) is 1.97. The molecule has 1 aromatic carbocycles. The van der Waals surface area contributed by atoms with E-state index in [0.29, 0.717) is 22.4 Å². The fraction of sp³-hybridized carbons (Fsp3) is 0.158. The molecule has 2 heterocycles. The lowest BCUT2D eigenvalue weighted by atomic mass is 10.3. The number of nitrogens with one attached hydrogen (secondary N) is 1. The van der Waals surface area contributed by atoms with Gasteiger partial charge in [0.15, 0.2) is 5.16 Å². The molecule has 0 saturated heterocycles. The van der Waals surface area contributed by atoms with Gasteiger partial charge in [-0.25, -0.2) is 4.98 Å². The number of nitrogens with zero attached hydrogens (tertiary/aromatic N) is 3. The molecule has 28 heavy (non-hydrogen) atoms. The Morgan fingerprint density at radius 2 is 2.04 bits per heavy atom. The summed E-state index contributed by atoms with van der Waals surface area (Å²) in [7, 11) is 0. The van der Waals surface area contributed by atoms with Crippen LogP contribution < -0.4 is 16.6 Å². The Hall–Kier alpha value is -2.84. The summed E-state index contributed by atoms with van der Waals surface area (Å²) >= 11 is 6.99. The molecule has 9 heteroatoms. The fourth-order valence-corrected chi connectivity index (χ4v) is 3.66. The first-order valence-corrected chi connectivity index (χ1v) is 9.77. The van der Waals surface area contributed by atoms with E-state index in [2.05, 4.69) is 15.3 Å². The normalized spacial score (nSPS) is 11.8. The first kappa shape index (κ1) is 19.9. The lowest BCUT2D eigenvalue weighted by Gasteiger charge is -2.18. The number of nitrogen functional groups attached to an aromatic ring is 1. The highest BCUT2D eigenvalue weighted by molar-refractivity contribution is 8.00. The molecule has 0 aliphatic heterocycles. The van der Waals surface area contributed by atoms with Crippen molar-refractivity contribution in [2.75, 3.05) is 11.1 Å². The van der Waals surface area contributed by atoms with Gasteiger partial charge in [-0.1, -0.05) is 48.5 Å². The Bertz CT molecular complexity index is 1020. The van der Waals surface area contributed by atoms with E-state index in [-0.39, 0.29) is 11.7 Å². The second-order valence-electron chi connectivity index (χ2n) is 5.84. The molecule has 0 bridgehead atoms. The smallest absolute Gasteiger partial charge is 0.275 e. The van der Waals surface area contributed by atoms with Crippen molar-refractivity contribution in [2.45, 2.75) is 23.8 Å². The van der Waals surface area contributed by atoms with Crippen LogP contribution in [-0.2, 0) is 4.79 Å². The molecule has 7 nitrogen and oxygen atoms in total. The van der Waals surface area contributed by atoms with Crippen molar-refractivity contribution in [3.05, 3.63) is 70.1 Å². The van der Waals surface area contributed by atoms with Crippen LogP contribution in [0.4, 0.5) is 11.6 Å². The van der Waals surface area contributed by atoms with E-state index in [1.165, 1.54) is 24.0 Å². The molecule has 1 atom stereocenters. The lowest BCUT2D eigenvalue weighted by molar-refractivity contribution is -0.115. The predicted molar refractivity (Wildman–Crippen MR) is 112 cm³/mol. The van der Waals surface area contributed by atoms with Crippen LogP contribution in [0.25, 0.3) is 5.69 Å². The van der Waals surface area contributed by atoms with E-state index in [1.54, 1.807) is 16.7 Å². The third kappa shape index (κ3) is 4.71. The molecule has 0 aliphatic carbocycles. The molecule has 3 rings (SSSR count). The molecule has 1 amide bonds. The van der Waals surface area contributed by atoms with Crippen molar-refractivity contribution in [2.24, 2.45) is 0 Å². The van der Waals surface area contributed by atoms with Gasteiger partial charge in [0.2, 0.25) is 5.91 Å². The van der Waals surface area contributed by atoms with E-state index in [9.17, 15) is 9.59 Å². The maximum Gasteiger partial charge on any atom is 0.275 e. The number of benzene rings is 1. The molecule has 3 aromatic rings. The molecule has 3 N–H and O–H groups in total. The third-order valence-corrected chi connectivity index (χ3v) is 5.37. The number of halogens is 1. The van der Waals surface area contributed by atoms with Crippen molar-refractivity contribution >= 4 is 40.9 Å². The first-order valence-electron chi connectivity index (χ1n) is 8.52. The quantitative estimate of drug-likeness (QED) is 0.472. The standard InChI is InChI=1S/C19H18ClN5O2S/c1-2-14(18(27)23-16-9-8-12(20)11-22-16)28-19-24-17(26)10-15(21)25(19)13-6-4-3-5-7-13/h3-11,14H,2,21H2,1H3,(H,22,23,27)/t14-/m1/s1. The number of thioether (sulfide) groups is 1. The third-order valence-electron chi connectivity index (χ3n) is 3.83. The highest BCUT2D eigenvalue weighted by atomic mass is 35.5. The zero-order chi connectivity index (χ0) is 20.1. The van der Waals surface area contributed by atoms with Crippen LogP contribution in [0.15, 0.2) is 64.7 Å². The molecule has 0 radical (unpaired) electrons. The Morgan fingerprint density at radius 3 is 2.68 bits per heavy atom. The summed E-state index contributed by atoms with van der Waals surface area (Å²) in [5.74, 6) is 0.399. The number of rotatable bonds is 6. The minimum Gasteiger partial charge on any atom is -0.385 e. The highest BCUT2D eigenvalue weighted by Gasteiger charge is 2.22. The van der Waals surface area contributed by atoms with Crippen LogP contribution in [0.1, 0.15) is 13.3 Å². The number of pyridine rings is 1. The lowest BCUT2D eigenvalue weighted by Crippen LogP contribution is -2.26. The van der Waals surface area contributed by atoms with Crippen molar-refractivity contribution < 1.29 is 4.79 Å². The van der Waals surface area contributed by atoms with Crippen molar-refractivity contribution in [3.63, 3.8) is 0 Å². The summed E-state index contributed by atoms with van der Waals surface area (Å²) < 4.78 is 1.66. The number of nitrogens with two attached hydrogens (primary N) is 1. The molecular formula is C19H18ClN5O2S. The van der Waals surface area contributed by atoms with Gasteiger partial charge in [0.05, 0.1) is 10.3 Å². The van der Waals surface area contributed by atoms with Crippen LogP contribution in [0.2, 0.25) is 5.02 Å². The molecule has 0 fully saturated rings. The second-order valence-corrected chi connectivity index (χ2v) is 7.44. The van der Waals surface area contributed by atoms with Gasteiger partial charge in [0.1, 0.15) is 11.6 Å². The van der Waals surface area contributed by atoms with Gasteiger partial charge in [0.25, 0.3) is 5.56 Å². The van der Waals surface area contributed by atoms with E-state index < -0.39 is 10.8 Å². The zero-order valence-corrected chi connectivity index (χ0v) is 16.6. The van der Waals surface area contributed by atoms with Gasteiger partial charge < -0.3 is 11.1 Å². The summed E-state index contributed by atoms with van der Waals surface area (Å²) in [5.41, 5.74) is 6.37. The molecule has 0 unspecified atom stereocenters. The topological polar surface area (TPSA) is 103 Å². The number of amides is 1. The number of para-hydroxylation sites is 1. The SMILES string of the molecule is CC[C@@H](Sc1nc(=O)cc(N)n1-c1ccccc1)C(=O)Nc1ccc(Cl)cn1. The predicted octanol–water partition coefficient (Wildman–Crippen LogP) is 3.37. The zero-order valence-electron chi connectivity index (χ0n) is 15.0. The minimum absolute atomic E-state index is 0.251. The Balaban J connectivity index is 1.89. The van der Waals surface area contributed by atoms with Crippen molar-refractivity contribution in [3.8, 4) is 5.69 Å². The summed E-state index contributed by atoms with van der Waals surface area (Å²) in [6.45, 7) is 1.88. The average molecular weight is 416 g/mol. The number of carbonyl (C=O) groups is 1. The van der Waals surface area contributed by atoms with Gasteiger partial charge in [-0.15, -0.1) is 0 Å². The average Bonchev–Trinajstić information content (AvgIpc) is 2.68. The monoisotopic (exact) mass is 415 g/mol. The first-order chi connectivity index (χ1) is 13.5. The summed E-state index contributed by atoms with van der Waals surface area (Å²) in [5, 5.41) is 3.09. The molecule has 0 aliphatic rings. The summed E-state index contributed by atoms with van der Waals surface area (Å²) in [4.78, 5) is 32.8. The van der Waals surface area contributed by atoms with E-state index in [1.807, 2.05) is 37.3 Å². The number of carbonyl (C=O) groups excluding carboxylic acids is 1. The largest absolute Gasteiger partial charge is 0.385 e. The molecule has 144 valence electrons. The molecule has 0 saturated carbocycles. The second kappa shape index (κ2) is 8.90. The fourth-order valence-electron chi connectivity index (χ4n) is 2.50. The van der Waals surface area contributed by atoms with Crippen LogP contribution >= 0.6 is 23.4 Å². The van der Waals surface area contributed by atoms with Gasteiger partial charge in [0, 0.05) is 18.0 Å². The van der Waals surface area contributed by atoms with E-state index >= 15 is 0 Å². The van der Waals surface area contributed by atoms with Crippen LogP contribution in [0.3, 0.4) is 0 Å². The maximum absolute atomic E-state index is 12.7. The van der Waals surface area contributed by atoms with Crippen molar-refractivity contribution in [1.29, 1.82) is 0 Å². The minimum atomic E-state index is -0.499. The van der Waals surface area contributed by atoms with Gasteiger partial charge in [-0.05, 0) is 30.7 Å². The number of hydrogen-bond acceptors (Lipinski definition) is 6. The highest BCUT2D eigenvalue weighted by Crippen LogP contribution is 2.28. The van der Waals surface area contributed by atoms with Gasteiger partial charge in [-0.2, -0.15) is 4.98 Å². The Labute approximate surface area is 171 Å². The molecule has 2 aromatic heterocycles. The van der Waals surface area contributed by atoms with Crippen LogP contribution in [0, 0.1) is 0 Å². The maximum atomic E-state index is 12.7. The Morgan fingerprint density at radius 1 is 1.29 bits per heavy atom. The van der Waals surface area contributed by atoms with Gasteiger partial charge >= 0.3 is 0 Å². The molecular weight excluding hydrogens is 398 g/mol. The van der Waals surface area contributed by atoms with E-state index in [4.69, 9.17) is 17.3 Å². The Kier molecular flexibility index (Phi) is 6.33. The van der Waals surface area contributed by atoms with Gasteiger partial charge in [-0.3, -0.25) is 14.2 Å². The van der Waals surface area contributed by atoms with Crippen LogP contribution in [-0.4, -0.2) is 25.7 Å². The van der Waals surface area contributed by atoms with Crippen LogP contribution in [0.5, 0.6) is 0 Å². The number of aromatic nitrogens is 3. The summed E-state index contributed by atoms with van der Waals surface area (Å²) in [6, 6.07) is 13.8.